The molecule has 4 rings (SSSR count). The fraction of sp³-hybridized carbons (Fsp3) is 0.389. The summed E-state index contributed by atoms with van der Waals surface area (Å²) in [4.78, 5) is 13.6. The molecule has 0 atom stereocenters. The molecule has 1 saturated heterocycles. The van der Waals surface area contributed by atoms with Gasteiger partial charge in [0.15, 0.2) is 0 Å². The molecule has 0 amide bonds. The zero-order valence-corrected chi connectivity index (χ0v) is 15.2. The number of anilines is 2. The Bertz CT molecular complexity index is 898. The molecule has 0 radical (unpaired) electrons. The van der Waals surface area contributed by atoms with Gasteiger partial charge in [0.25, 0.3) is 5.78 Å². The van der Waals surface area contributed by atoms with Gasteiger partial charge < -0.3 is 9.80 Å². The van der Waals surface area contributed by atoms with Gasteiger partial charge in [0, 0.05) is 48.1 Å². The second kappa shape index (κ2) is 6.52. The van der Waals surface area contributed by atoms with E-state index in [0.717, 1.165) is 49.1 Å². The molecule has 0 aliphatic carbocycles. The Kier molecular flexibility index (Phi) is 4.21. The SMILES string of the molecule is CCc1c(C)nc2ncnn2c1N1CCN(c2cccc(Cl)c2)CC1. The minimum absolute atomic E-state index is 0.668. The van der Waals surface area contributed by atoms with E-state index in [-0.39, 0.29) is 0 Å². The molecule has 0 N–H and O–H groups in total. The number of benzene rings is 1. The van der Waals surface area contributed by atoms with Crippen LogP contribution in [0.2, 0.25) is 5.02 Å². The number of hydrogen-bond acceptors (Lipinski definition) is 5. The van der Waals surface area contributed by atoms with Gasteiger partial charge in [-0.15, -0.1) is 0 Å². The molecule has 130 valence electrons. The van der Waals surface area contributed by atoms with Gasteiger partial charge in [-0.25, -0.2) is 4.98 Å². The fourth-order valence-electron chi connectivity index (χ4n) is 3.56. The van der Waals surface area contributed by atoms with Crippen LogP contribution >= 0.6 is 11.6 Å². The van der Waals surface area contributed by atoms with E-state index in [2.05, 4.69) is 44.8 Å². The summed E-state index contributed by atoms with van der Waals surface area (Å²) in [7, 11) is 0. The highest BCUT2D eigenvalue weighted by molar-refractivity contribution is 6.30. The van der Waals surface area contributed by atoms with Gasteiger partial charge in [0.2, 0.25) is 0 Å². The first-order valence-corrected chi connectivity index (χ1v) is 9.00. The number of halogens is 1. The summed E-state index contributed by atoms with van der Waals surface area (Å²) in [6.45, 7) is 7.97. The van der Waals surface area contributed by atoms with Crippen molar-refractivity contribution in [2.75, 3.05) is 36.0 Å². The van der Waals surface area contributed by atoms with Crippen molar-refractivity contribution in [2.45, 2.75) is 20.3 Å². The van der Waals surface area contributed by atoms with Crippen LogP contribution in [0.1, 0.15) is 18.2 Å². The maximum absolute atomic E-state index is 6.14. The van der Waals surface area contributed by atoms with Crippen molar-refractivity contribution < 1.29 is 0 Å². The average molecular weight is 357 g/mol. The van der Waals surface area contributed by atoms with Gasteiger partial charge >= 0.3 is 0 Å². The summed E-state index contributed by atoms with van der Waals surface area (Å²) in [6.07, 6.45) is 2.51. The third kappa shape index (κ3) is 2.91. The molecule has 1 fully saturated rings. The molecule has 1 aromatic carbocycles. The lowest BCUT2D eigenvalue weighted by atomic mass is 10.1. The summed E-state index contributed by atoms with van der Waals surface area (Å²) in [6, 6.07) is 8.06. The summed E-state index contributed by atoms with van der Waals surface area (Å²) < 4.78 is 1.88. The largest absolute Gasteiger partial charge is 0.368 e. The molecule has 3 heterocycles. The monoisotopic (exact) mass is 356 g/mol. The van der Waals surface area contributed by atoms with Crippen molar-refractivity contribution in [2.24, 2.45) is 0 Å². The Morgan fingerprint density at radius 2 is 1.88 bits per heavy atom. The second-order valence-electron chi connectivity index (χ2n) is 6.28. The van der Waals surface area contributed by atoms with Crippen molar-refractivity contribution >= 4 is 28.9 Å². The number of aryl methyl sites for hydroxylation is 1. The summed E-state index contributed by atoms with van der Waals surface area (Å²) in [5.41, 5.74) is 3.46. The molecule has 0 saturated carbocycles. The van der Waals surface area contributed by atoms with Gasteiger partial charge in [-0.05, 0) is 31.5 Å². The predicted octanol–water partition coefficient (Wildman–Crippen LogP) is 2.98. The second-order valence-corrected chi connectivity index (χ2v) is 6.72. The van der Waals surface area contributed by atoms with Crippen LogP contribution in [0.3, 0.4) is 0 Å². The standard InChI is InChI=1S/C18H21ClN6/c1-3-16-13(2)22-18-20-12-21-25(18)17(16)24-9-7-23(8-10-24)15-6-4-5-14(19)11-15/h4-6,11-12H,3,7-10H2,1-2H3. The third-order valence-corrected chi connectivity index (χ3v) is 5.05. The van der Waals surface area contributed by atoms with E-state index in [0.29, 0.717) is 5.78 Å². The van der Waals surface area contributed by atoms with Crippen LogP contribution in [0.5, 0.6) is 0 Å². The summed E-state index contributed by atoms with van der Waals surface area (Å²) >= 11 is 6.14. The lowest BCUT2D eigenvalue weighted by molar-refractivity contribution is 0.634. The first-order chi connectivity index (χ1) is 12.2. The van der Waals surface area contributed by atoms with Crippen LogP contribution in [0.4, 0.5) is 11.5 Å². The molecule has 2 aromatic heterocycles. The topological polar surface area (TPSA) is 49.6 Å². The van der Waals surface area contributed by atoms with Crippen molar-refractivity contribution in [1.29, 1.82) is 0 Å². The van der Waals surface area contributed by atoms with Crippen LogP contribution in [-0.2, 0) is 6.42 Å². The molecule has 6 nitrogen and oxygen atoms in total. The Labute approximate surface area is 152 Å². The minimum Gasteiger partial charge on any atom is -0.368 e. The highest BCUT2D eigenvalue weighted by Gasteiger charge is 2.23. The number of hydrogen-bond donors (Lipinski definition) is 0. The molecule has 0 spiro atoms. The molecule has 1 aliphatic rings. The Hall–Kier alpha value is -2.34. The first-order valence-electron chi connectivity index (χ1n) is 8.62. The van der Waals surface area contributed by atoms with E-state index in [1.165, 1.54) is 11.3 Å². The fourth-order valence-corrected chi connectivity index (χ4v) is 3.74. The maximum Gasteiger partial charge on any atom is 0.254 e. The van der Waals surface area contributed by atoms with Gasteiger partial charge in [-0.3, -0.25) is 0 Å². The Balaban J connectivity index is 1.63. The molecule has 0 unspecified atom stereocenters. The van der Waals surface area contributed by atoms with Crippen LogP contribution < -0.4 is 9.80 Å². The zero-order chi connectivity index (χ0) is 17.4. The highest BCUT2D eigenvalue weighted by atomic mass is 35.5. The third-order valence-electron chi connectivity index (χ3n) is 4.81. The smallest absolute Gasteiger partial charge is 0.254 e. The zero-order valence-electron chi connectivity index (χ0n) is 14.5. The van der Waals surface area contributed by atoms with Gasteiger partial charge in [-0.1, -0.05) is 24.6 Å². The van der Waals surface area contributed by atoms with Crippen molar-refractivity contribution in [3.63, 3.8) is 0 Å². The highest BCUT2D eigenvalue weighted by Crippen LogP contribution is 2.27. The van der Waals surface area contributed by atoms with Crippen molar-refractivity contribution in [1.82, 2.24) is 19.6 Å². The van der Waals surface area contributed by atoms with Crippen LogP contribution in [-0.4, -0.2) is 45.8 Å². The molecular weight excluding hydrogens is 336 g/mol. The number of fused-ring (bicyclic) bond motifs is 1. The van der Waals surface area contributed by atoms with E-state index in [4.69, 9.17) is 11.6 Å². The quantitative estimate of drug-likeness (QED) is 0.722. The molecule has 7 heteroatoms. The minimum atomic E-state index is 0.668. The van der Waals surface area contributed by atoms with E-state index in [1.807, 2.05) is 22.7 Å². The molecule has 0 bridgehead atoms. The Morgan fingerprint density at radius 3 is 2.60 bits per heavy atom. The molecule has 1 aliphatic heterocycles. The summed E-state index contributed by atoms with van der Waals surface area (Å²) in [5, 5.41) is 5.18. The van der Waals surface area contributed by atoms with E-state index in [9.17, 15) is 0 Å². The lowest BCUT2D eigenvalue weighted by Crippen LogP contribution is -2.47. The van der Waals surface area contributed by atoms with Crippen LogP contribution in [0.25, 0.3) is 5.78 Å². The van der Waals surface area contributed by atoms with Crippen LogP contribution in [0, 0.1) is 6.92 Å². The van der Waals surface area contributed by atoms with E-state index < -0.39 is 0 Å². The van der Waals surface area contributed by atoms with Crippen molar-refractivity contribution in [3.05, 3.63) is 46.9 Å². The summed E-state index contributed by atoms with van der Waals surface area (Å²) in [5.74, 6) is 1.80. The van der Waals surface area contributed by atoms with Gasteiger partial charge in [-0.2, -0.15) is 14.6 Å². The Morgan fingerprint density at radius 1 is 1.12 bits per heavy atom. The molecule has 25 heavy (non-hydrogen) atoms. The molecule has 3 aromatic rings. The normalized spacial score (nSPS) is 15.2. The van der Waals surface area contributed by atoms with Crippen molar-refractivity contribution in [3.8, 4) is 0 Å². The number of aromatic nitrogens is 4. The average Bonchev–Trinajstić information content (AvgIpc) is 3.08. The lowest BCUT2D eigenvalue weighted by Gasteiger charge is -2.38. The molecular formula is C18H21ClN6. The van der Waals surface area contributed by atoms with Crippen LogP contribution in [0.15, 0.2) is 30.6 Å². The van der Waals surface area contributed by atoms with E-state index >= 15 is 0 Å². The van der Waals surface area contributed by atoms with Gasteiger partial charge in [0.1, 0.15) is 12.1 Å². The first kappa shape index (κ1) is 16.1. The number of nitrogens with zero attached hydrogens (tertiary/aromatic N) is 6. The maximum atomic E-state index is 6.14. The number of rotatable bonds is 3. The van der Waals surface area contributed by atoms with Gasteiger partial charge in [0.05, 0.1) is 0 Å². The number of piperazine rings is 1. The van der Waals surface area contributed by atoms with E-state index in [1.54, 1.807) is 6.33 Å². The predicted molar refractivity (Wildman–Crippen MR) is 101 cm³/mol.